The molecule has 8 heteroatoms. The van der Waals surface area contributed by atoms with Crippen LogP contribution in [0.2, 0.25) is 0 Å². The molecule has 1 fully saturated rings. The van der Waals surface area contributed by atoms with Gasteiger partial charge in [-0.15, -0.1) is 0 Å². The number of hydrogen-bond acceptors (Lipinski definition) is 5. The molecule has 3 N–H and O–H groups in total. The van der Waals surface area contributed by atoms with E-state index in [1.54, 1.807) is 6.92 Å². The van der Waals surface area contributed by atoms with Crippen LogP contribution >= 0.6 is 0 Å². The first-order chi connectivity index (χ1) is 8.02. The lowest BCUT2D eigenvalue weighted by Gasteiger charge is -2.34. The maximum absolute atomic E-state index is 12.2. The highest BCUT2D eigenvalue weighted by molar-refractivity contribution is 7.95. The van der Waals surface area contributed by atoms with Crippen LogP contribution in [0.3, 0.4) is 0 Å². The predicted molar refractivity (Wildman–Crippen MR) is 71.4 cm³/mol. The van der Waals surface area contributed by atoms with Crippen LogP contribution < -0.4 is 10.5 Å². The molecule has 0 radical (unpaired) electrons. The fraction of sp³-hybridized carbons (Fsp3) is 1.00. The zero-order valence-corrected chi connectivity index (χ0v) is 12.6. The van der Waals surface area contributed by atoms with E-state index in [9.17, 15) is 16.8 Å². The molecule has 2 atom stereocenters. The smallest absolute Gasteiger partial charge is 0.216 e. The molecule has 1 rings (SSSR count). The van der Waals surface area contributed by atoms with Crippen molar-refractivity contribution in [3.8, 4) is 0 Å². The van der Waals surface area contributed by atoms with Crippen molar-refractivity contribution in [3.63, 3.8) is 0 Å². The Bertz CT molecular complexity index is 498. The van der Waals surface area contributed by atoms with E-state index in [4.69, 9.17) is 5.73 Å². The van der Waals surface area contributed by atoms with Gasteiger partial charge in [0, 0.05) is 12.1 Å². The summed E-state index contributed by atoms with van der Waals surface area (Å²) in [6.07, 6.45) is 0.163. The predicted octanol–water partition coefficient (Wildman–Crippen LogP) is -0.534. The molecule has 0 amide bonds. The van der Waals surface area contributed by atoms with E-state index >= 15 is 0 Å². The topological polar surface area (TPSA) is 106 Å². The Morgan fingerprint density at radius 1 is 1.44 bits per heavy atom. The molecule has 1 aliphatic heterocycles. The second kappa shape index (κ2) is 5.07. The number of nitrogens with two attached hydrogens (primary N) is 1. The minimum atomic E-state index is -3.66. The van der Waals surface area contributed by atoms with E-state index in [2.05, 4.69) is 4.72 Å². The Hall–Kier alpha value is -0.180. The summed E-state index contributed by atoms with van der Waals surface area (Å²) in [4.78, 5) is 0. The molecular formula is C10H22N2O4S2. The molecule has 0 aromatic rings. The Kier molecular flexibility index (Phi) is 4.47. The van der Waals surface area contributed by atoms with E-state index in [0.29, 0.717) is 0 Å². The minimum absolute atomic E-state index is 0.0234. The van der Waals surface area contributed by atoms with Gasteiger partial charge in [-0.2, -0.15) is 0 Å². The Balaban J connectivity index is 2.90. The van der Waals surface area contributed by atoms with Crippen LogP contribution in [0.5, 0.6) is 0 Å². The Morgan fingerprint density at radius 3 is 2.33 bits per heavy atom. The van der Waals surface area contributed by atoms with Gasteiger partial charge in [-0.05, 0) is 19.3 Å². The van der Waals surface area contributed by atoms with Crippen molar-refractivity contribution in [2.45, 2.75) is 38.0 Å². The zero-order valence-electron chi connectivity index (χ0n) is 11.0. The summed E-state index contributed by atoms with van der Waals surface area (Å²) >= 11 is 0. The number of sulfone groups is 1. The number of rotatable bonds is 5. The summed E-state index contributed by atoms with van der Waals surface area (Å²) in [5.41, 5.74) is 4.88. The van der Waals surface area contributed by atoms with Crippen molar-refractivity contribution in [1.82, 2.24) is 4.72 Å². The molecule has 0 aliphatic carbocycles. The lowest BCUT2D eigenvalue weighted by Crippen LogP contribution is -2.57. The van der Waals surface area contributed by atoms with Gasteiger partial charge in [0.1, 0.15) is 0 Å². The van der Waals surface area contributed by atoms with Crippen LogP contribution in [0.15, 0.2) is 0 Å². The maximum atomic E-state index is 12.2. The van der Waals surface area contributed by atoms with Gasteiger partial charge in [-0.25, -0.2) is 21.6 Å². The highest BCUT2D eigenvalue weighted by Gasteiger charge is 2.41. The van der Waals surface area contributed by atoms with Gasteiger partial charge in [-0.3, -0.25) is 0 Å². The van der Waals surface area contributed by atoms with Crippen LogP contribution in [0.1, 0.15) is 27.2 Å². The van der Waals surface area contributed by atoms with Crippen molar-refractivity contribution < 1.29 is 16.8 Å². The van der Waals surface area contributed by atoms with E-state index in [0.717, 1.165) is 0 Å². The molecule has 0 saturated carbocycles. The molecule has 0 aromatic heterocycles. The highest BCUT2D eigenvalue weighted by atomic mass is 32.2. The number of hydrogen-bond donors (Lipinski definition) is 2. The minimum Gasteiger partial charge on any atom is -0.329 e. The first-order valence-corrected chi connectivity index (χ1v) is 9.32. The van der Waals surface area contributed by atoms with Gasteiger partial charge >= 0.3 is 0 Å². The zero-order chi connectivity index (χ0) is 14.2. The quantitative estimate of drug-likeness (QED) is 0.709. The van der Waals surface area contributed by atoms with Crippen LogP contribution in [-0.4, -0.2) is 45.7 Å². The summed E-state index contributed by atoms with van der Waals surface area (Å²) in [6.45, 7) is 5.66. The normalized spacial score (nSPS) is 27.3. The van der Waals surface area contributed by atoms with Gasteiger partial charge in [0.05, 0.1) is 16.8 Å². The summed E-state index contributed by atoms with van der Waals surface area (Å²) in [6, 6.07) is 0. The third kappa shape index (κ3) is 3.43. The highest BCUT2D eigenvalue weighted by Crippen LogP contribution is 2.22. The fourth-order valence-corrected chi connectivity index (χ4v) is 6.40. The molecule has 108 valence electrons. The molecule has 18 heavy (non-hydrogen) atoms. The van der Waals surface area contributed by atoms with Crippen LogP contribution in [0, 0.1) is 5.92 Å². The third-order valence-corrected chi connectivity index (χ3v) is 7.71. The molecule has 1 saturated heterocycles. The second-order valence-electron chi connectivity index (χ2n) is 5.45. The fourth-order valence-electron chi connectivity index (χ4n) is 1.81. The second-order valence-corrected chi connectivity index (χ2v) is 9.64. The van der Waals surface area contributed by atoms with Crippen LogP contribution in [0.25, 0.3) is 0 Å². The summed E-state index contributed by atoms with van der Waals surface area (Å²) in [7, 11) is -6.87. The average molecular weight is 298 g/mol. The third-order valence-electron chi connectivity index (χ3n) is 3.70. The van der Waals surface area contributed by atoms with Crippen molar-refractivity contribution in [3.05, 3.63) is 0 Å². The summed E-state index contributed by atoms with van der Waals surface area (Å²) in [5, 5.41) is -0.855. The van der Waals surface area contributed by atoms with Crippen molar-refractivity contribution in [2.75, 3.05) is 18.1 Å². The van der Waals surface area contributed by atoms with Gasteiger partial charge in [0.2, 0.25) is 10.0 Å². The Labute approximate surface area is 109 Å². The first-order valence-electron chi connectivity index (χ1n) is 5.96. The van der Waals surface area contributed by atoms with Crippen LogP contribution in [0.4, 0.5) is 0 Å². The van der Waals surface area contributed by atoms with E-state index in [1.807, 2.05) is 13.8 Å². The molecule has 1 aliphatic rings. The average Bonchev–Trinajstić information content (AvgIpc) is 2.58. The molecule has 2 unspecified atom stereocenters. The van der Waals surface area contributed by atoms with E-state index < -0.39 is 30.6 Å². The molecular weight excluding hydrogens is 276 g/mol. The largest absolute Gasteiger partial charge is 0.329 e. The van der Waals surface area contributed by atoms with E-state index in [-0.39, 0.29) is 30.4 Å². The van der Waals surface area contributed by atoms with Crippen molar-refractivity contribution in [1.29, 1.82) is 0 Å². The van der Waals surface area contributed by atoms with Crippen molar-refractivity contribution >= 4 is 19.9 Å². The van der Waals surface area contributed by atoms with Gasteiger partial charge in [0.15, 0.2) is 9.84 Å². The summed E-state index contributed by atoms with van der Waals surface area (Å²) in [5.74, 6) is -0.323. The monoisotopic (exact) mass is 298 g/mol. The maximum Gasteiger partial charge on any atom is 0.216 e. The van der Waals surface area contributed by atoms with Gasteiger partial charge < -0.3 is 5.73 Å². The first kappa shape index (κ1) is 15.9. The molecule has 0 aromatic carbocycles. The Morgan fingerprint density at radius 2 is 2.00 bits per heavy atom. The van der Waals surface area contributed by atoms with E-state index in [1.165, 1.54) is 0 Å². The van der Waals surface area contributed by atoms with Gasteiger partial charge in [-0.1, -0.05) is 13.8 Å². The standard InChI is InChI=1S/C10H22N2O4S2/c1-8(2)10(3,7-11)12-18(15,16)9-4-5-17(13,14)6-9/h8-9,12H,4-7,11H2,1-3H3. The summed E-state index contributed by atoms with van der Waals surface area (Å²) < 4.78 is 49.6. The van der Waals surface area contributed by atoms with Crippen molar-refractivity contribution in [2.24, 2.45) is 11.7 Å². The molecule has 0 spiro atoms. The lowest BCUT2D eigenvalue weighted by molar-refractivity contribution is 0.313. The molecule has 0 bridgehead atoms. The number of sulfonamides is 1. The SMILES string of the molecule is CC(C)C(C)(CN)NS(=O)(=O)C1CCS(=O)(=O)C1. The van der Waals surface area contributed by atoms with Crippen LogP contribution in [-0.2, 0) is 19.9 Å². The lowest BCUT2D eigenvalue weighted by atomic mass is 9.90. The molecule has 1 heterocycles. The van der Waals surface area contributed by atoms with Gasteiger partial charge in [0.25, 0.3) is 0 Å². The molecule has 6 nitrogen and oxygen atoms in total. The number of nitrogens with one attached hydrogen (secondary N) is 1.